The molecular formula is C20H25Cl2N3O3. The third-order valence-electron chi connectivity index (χ3n) is 4.36. The first-order valence-corrected chi connectivity index (χ1v) is 8.50. The number of aromatic hydroxyl groups is 1. The van der Waals surface area contributed by atoms with Crippen molar-refractivity contribution in [1.29, 1.82) is 0 Å². The average molecular weight is 426 g/mol. The number of esters is 1. The summed E-state index contributed by atoms with van der Waals surface area (Å²) in [6.45, 7) is 2.67. The van der Waals surface area contributed by atoms with Gasteiger partial charge in [0.2, 0.25) is 0 Å². The molecule has 1 aromatic carbocycles. The fourth-order valence-electron chi connectivity index (χ4n) is 3.19. The average Bonchev–Trinajstić information content (AvgIpc) is 2.86. The van der Waals surface area contributed by atoms with Crippen LogP contribution in [0.1, 0.15) is 23.0 Å². The van der Waals surface area contributed by atoms with Crippen LogP contribution in [0.15, 0.2) is 36.7 Å². The van der Waals surface area contributed by atoms with E-state index in [2.05, 4.69) is 4.98 Å². The Balaban J connectivity index is 0.00000196. The van der Waals surface area contributed by atoms with Gasteiger partial charge in [-0.25, -0.2) is 4.79 Å². The van der Waals surface area contributed by atoms with Crippen LogP contribution in [0.4, 0.5) is 0 Å². The van der Waals surface area contributed by atoms with Crippen molar-refractivity contribution < 1.29 is 14.6 Å². The Kier molecular flexibility index (Phi) is 8.29. The normalized spacial score (nSPS) is 10.5. The highest BCUT2D eigenvalue weighted by atomic mass is 35.5. The Morgan fingerprint density at radius 2 is 2.00 bits per heavy atom. The zero-order chi connectivity index (χ0) is 18.8. The lowest BCUT2D eigenvalue weighted by atomic mass is 10.0. The lowest BCUT2D eigenvalue weighted by molar-refractivity contribution is 0.0526. The maximum absolute atomic E-state index is 12.6. The largest absolute Gasteiger partial charge is 0.507 e. The SMILES string of the molecule is CCOC(=O)c1c(CN(C)C)n(C)c2cc(-c3cccnc3)c(O)cc12.Cl.Cl. The van der Waals surface area contributed by atoms with Crippen LogP contribution in [0.3, 0.4) is 0 Å². The molecule has 0 aliphatic carbocycles. The molecule has 6 nitrogen and oxygen atoms in total. The molecule has 3 aromatic rings. The molecule has 3 rings (SSSR count). The maximum Gasteiger partial charge on any atom is 0.340 e. The number of phenolic OH excluding ortho intramolecular Hbond substituents is 1. The first-order chi connectivity index (χ1) is 12.4. The Morgan fingerprint density at radius 3 is 2.57 bits per heavy atom. The number of fused-ring (bicyclic) bond motifs is 1. The fraction of sp³-hybridized carbons (Fsp3) is 0.300. The lowest BCUT2D eigenvalue weighted by Gasteiger charge is -2.13. The molecule has 28 heavy (non-hydrogen) atoms. The van der Waals surface area contributed by atoms with Crippen molar-refractivity contribution >= 4 is 41.7 Å². The minimum Gasteiger partial charge on any atom is -0.507 e. The van der Waals surface area contributed by atoms with Crippen LogP contribution < -0.4 is 0 Å². The van der Waals surface area contributed by atoms with E-state index in [1.54, 1.807) is 25.4 Å². The summed E-state index contributed by atoms with van der Waals surface area (Å²) in [5, 5.41) is 11.3. The molecule has 0 unspecified atom stereocenters. The third kappa shape index (κ3) is 4.41. The van der Waals surface area contributed by atoms with Gasteiger partial charge in [0.1, 0.15) is 5.75 Å². The summed E-state index contributed by atoms with van der Waals surface area (Å²) in [6.07, 6.45) is 3.40. The van der Waals surface area contributed by atoms with Gasteiger partial charge in [-0.3, -0.25) is 4.98 Å². The molecule has 0 saturated heterocycles. The molecule has 0 spiro atoms. The van der Waals surface area contributed by atoms with Crippen molar-refractivity contribution in [3.63, 3.8) is 0 Å². The predicted molar refractivity (Wildman–Crippen MR) is 116 cm³/mol. The van der Waals surface area contributed by atoms with Gasteiger partial charge in [-0.1, -0.05) is 6.07 Å². The van der Waals surface area contributed by atoms with Crippen LogP contribution in [-0.2, 0) is 18.3 Å². The van der Waals surface area contributed by atoms with Crippen molar-refractivity contribution in [1.82, 2.24) is 14.5 Å². The molecule has 0 atom stereocenters. The van der Waals surface area contributed by atoms with Gasteiger partial charge in [-0.05, 0) is 39.2 Å². The molecule has 8 heteroatoms. The maximum atomic E-state index is 12.6. The van der Waals surface area contributed by atoms with Gasteiger partial charge >= 0.3 is 5.97 Å². The predicted octanol–water partition coefficient (Wildman–Crippen LogP) is 4.03. The number of pyridine rings is 1. The van der Waals surface area contributed by atoms with Gasteiger partial charge < -0.3 is 19.3 Å². The van der Waals surface area contributed by atoms with E-state index in [0.29, 0.717) is 29.7 Å². The van der Waals surface area contributed by atoms with Crippen molar-refractivity contribution in [2.24, 2.45) is 7.05 Å². The van der Waals surface area contributed by atoms with Crippen LogP contribution in [0, 0.1) is 0 Å². The van der Waals surface area contributed by atoms with E-state index in [-0.39, 0.29) is 36.5 Å². The molecule has 0 saturated carbocycles. The van der Waals surface area contributed by atoms with Gasteiger partial charge in [0.15, 0.2) is 0 Å². The smallest absolute Gasteiger partial charge is 0.340 e. The Labute approximate surface area is 176 Å². The topological polar surface area (TPSA) is 67.6 Å². The Hall–Kier alpha value is -2.28. The molecule has 0 aliphatic heterocycles. The molecule has 1 N–H and O–H groups in total. The highest BCUT2D eigenvalue weighted by Crippen LogP contribution is 2.37. The van der Waals surface area contributed by atoms with Crippen LogP contribution in [0.5, 0.6) is 5.75 Å². The van der Waals surface area contributed by atoms with Crippen LogP contribution >= 0.6 is 24.8 Å². The number of phenols is 1. The number of rotatable bonds is 5. The molecule has 2 heterocycles. The number of nitrogens with zero attached hydrogens (tertiary/aromatic N) is 3. The number of hydrogen-bond acceptors (Lipinski definition) is 5. The number of carbonyl (C=O) groups is 1. The van der Waals surface area contributed by atoms with Gasteiger partial charge in [-0.15, -0.1) is 24.8 Å². The lowest BCUT2D eigenvalue weighted by Crippen LogP contribution is -2.17. The first kappa shape index (κ1) is 23.8. The number of hydrogen-bond donors (Lipinski definition) is 1. The van der Waals surface area contributed by atoms with Crippen molar-refractivity contribution in [2.45, 2.75) is 13.5 Å². The Bertz CT molecular complexity index is 956. The number of ether oxygens (including phenoxy) is 1. The number of halogens is 2. The van der Waals surface area contributed by atoms with Crippen LogP contribution in [-0.4, -0.2) is 46.2 Å². The van der Waals surface area contributed by atoms with Crippen molar-refractivity contribution in [2.75, 3.05) is 20.7 Å². The minimum atomic E-state index is -0.372. The van der Waals surface area contributed by atoms with Crippen molar-refractivity contribution in [3.8, 4) is 16.9 Å². The summed E-state index contributed by atoms with van der Waals surface area (Å²) in [6, 6.07) is 7.25. The van der Waals surface area contributed by atoms with Gasteiger partial charge in [0.25, 0.3) is 0 Å². The fourth-order valence-corrected chi connectivity index (χ4v) is 3.19. The number of aromatic nitrogens is 2. The van der Waals surface area contributed by atoms with E-state index >= 15 is 0 Å². The molecule has 0 amide bonds. The highest BCUT2D eigenvalue weighted by Gasteiger charge is 2.24. The Morgan fingerprint density at radius 1 is 1.29 bits per heavy atom. The molecule has 0 aliphatic rings. The second-order valence-corrected chi connectivity index (χ2v) is 6.47. The molecular weight excluding hydrogens is 401 g/mol. The second kappa shape index (κ2) is 9.78. The molecule has 0 fully saturated rings. The van der Waals surface area contributed by atoms with Gasteiger partial charge in [-0.2, -0.15) is 0 Å². The molecule has 0 bridgehead atoms. The van der Waals surface area contributed by atoms with E-state index < -0.39 is 0 Å². The number of carbonyl (C=O) groups excluding carboxylic acids is 1. The highest BCUT2D eigenvalue weighted by molar-refractivity contribution is 6.07. The standard InChI is InChI=1S/C20H23N3O3.2ClH/c1-5-26-20(25)19-15-10-18(24)14(13-7-6-8-21-11-13)9-16(15)23(4)17(19)12-22(2)3;;/h6-11,24H,5,12H2,1-4H3;2*1H. The van der Waals surface area contributed by atoms with Crippen LogP contribution in [0.2, 0.25) is 0 Å². The summed E-state index contributed by atoms with van der Waals surface area (Å²) in [4.78, 5) is 18.7. The van der Waals surface area contributed by atoms with E-state index in [0.717, 1.165) is 16.8 Å². The summed E-state index contributed by atoms with van der Waals surface area (Å²) in [5.74, 6) is -0.262. The summed E-state index contributed by atoms with van der Waals surface area (Å²) in [7, 11) is 5.82. The van der Waals surface area contributed by atoms with E-state index in [4.69, 9.17) is 4.74 Å². The zero-order valence-electron chi connectivity index (χ0n) is 16.3. The number of aryl methyl sites for hydroxylation is 1. The monoisotopic (exact) mass is 425 g/mol. The third-order valence-corrected chi connectivity index (χ3v) is 4.36. The van der Waals surface area contributed by atoms with E-state index in [1.165, 1.54) is 0 Å². The summed E-state index contributed by atoms with van der Waals surface area (Å²) >= 11 is 0. The minimum absolute atomic E-state index is 0. The first-order valence-electron chi connectivity index (χ1n) is 8.50. The van der Waals surface area contributed by atoms with E-state index in [9.17, 15) is 9.90 Å². The molecule has 0 radical (unpaired) electrons. The van der Waals surface area contributed by atoms with Gasteiger partial charge in [0.05, 0.1) is 12.2 Å². The van der Waals surface area contributed by atoms with Crippen LogP contribution in [0.25, 0.3) is 22.0 Å². The van der Waals surface area contributed by atoms with E-state index in [1.807, 2.05) is 48.8 Å². The molecule has 152 valence electrons. The summed E-state index contributed by atoms with van der Waals surface area (Å²) in [5.41, 5.74) is 3.72. The zero-order valence-corrected chi connectivity index (χ0v) is 17.9. The molecule has 2 aromatic heterocycles. The second-order valence-electron chi connectivity index (χ2n) is 6.47. The number of benzene rings is 1. The summed E-state index contributed by atoms with van der Waals surface area (Å²) < 4.78 is 7.25. The van der Waals surface area contributed by atoms with Crippen molar-refractivity contribution in [3.05, 3.63) is 47.9 Å². The quantitative estimate of drug-likeness (QED) is 0.624. The van der Waals surface area contributed by atoms with Gasteiger partial charge in [0, 0.05) is 53.7 Å².